The number of halogens is 3. The number of hydrogen-bond donors (Lipinski definition) is 1. The molecule has 1 saturated carbocycles. The van der Waals surface area contributed by atoms with Crippen LogP contribution in [-0.4, -0.2) is 50.9 Å². The minimum absolute atomic E-state index is 0.00176. The number of amides is 2. The maximum Gasteiger partial charge on any atom is 0.264 e. The van der Waals surface area contributed by atoms with Crippen LogP contribution < -0.4 is 14.4 Å². The number of ether oxygens (including phenoxy) is 1. The van der Waals surface area contributed by atoms with Gasteiger partial charge in [0.1, 0.15) is 18.3 Å². The van der Waals surface area contributed by atoms with Gasteiger partial charge in [-0.3, -0.25) is 13.9 Å². The van der Waals surface area contributed by atoms with Crippen LogP contribution in [0.4, 0.5) is 5.69 Å². The molecule has 2 amide bonds. The fourth-order valence-corrected chi connectivity index (χ4v) is 7.31. The second kappa shape index (κ2) is 15.3. The summed E-state index contributed by atoms with van der Waals surface area (Å²) in [4.78, 5) is 29.4. The first kappa shape index (κ1) is 33.9. The third kappa shape index (κ3) is 8.18. The molecule has 236 valence electrons. The second-order valence-corrected chi connectivity index (χ2v) is 13.8. The maximum atomic E-state index is 14.3. The van der Waals surface area contributed by atoms with Crippen molar-refractivity contribution in [1.82, 2.24) is 10.2 Å². The highest BCUT2D eigenvalue weighted by Gasteiger charge is 2.35. The second-order valence-electron chi connectivity index (χ2n) is 10.7. The van der Waals surface area contributed by atoms with E-state index in [1.807, 2.05) is 6.92 Å². The van der Waals surface area contributed by atoms with E-state index in [1.54, 1.807) is 42.5 Å². The van der Waals surface area contributed by atoms with Crippen molar-refractivity contribution in [2.24, 2.45) is 0 Å². The summed E-state index contributed by atoms with van der Waals surface area (Å²) in [7, 11) is -2.88. The van der Waals surface area contributed by atoms with Gasteiger partial charge >= 0.3 is 0 Å². The Morgan fingerprint density at radius 2 is 1.66 bits per heavy atom. The molecule has 3 aromatic rings. The number of carbonyl (C=O) groups is 2. The molecule has 0 bridgehead atoms. The Morgan fingerprint density at radius 3 is 2.30 bits per heavy atom. The summed E-state index contributed by atoms with van der Waals surface area (Å²) in [6, 6.07) is 16.5. The number of sulfonamides is 1. The van der Waals surface area contributed by atoms with Crippen molar-refractivity contribution >= 4 is 62.3 Å². The highest BCUT2D eigenvalue weighted by Crippen LogP contribution is 2.35. The molecule has 44 heavy (non-hydrogen) atoms. The molecular formula is C32H36Cl3N3O5S. The van der Waals surface area contributed by atoms with Crippen LogP contribution in [0.2, 0.25) is 15.1 Å². The van der Waals surface area contributed by atoms with Crippen LogP contribution in [0, 0.1) is 0 Å². The van der Waals surface area contributed by atoms with E-state index in [-0.39, 0.29) is 39.8 Å². The Bertz CT molecular complexity index is 1570. The Labute approximate surface area is 274 Å². The zero-order valence-corrected chi connectivity index (χ0v) is 27.7. The molecule has 4 rings (SSSR count). The Balaban J connectivity index is 1.76. The molecule has 0 aromatic heterocycles. The molecule has 0 aliphatic heterocycles. The molecule has 3 aromatic carbocycles. The number of rotatable bonds is 12. The molecule has 1 N–H and O–H groups in total. The van der Waals surface area contributed by atoms with E-state index in [0.29, 0.717) is 22.0 Å². The van der Waals surface area contributed by atoms with Crippen molar-refractivity contribution in [2.45, 2.75) is 69.0 Å². The first-order valence-corrected chi connectivity index (χ1v) is 17.1. The lowest BCUT2D eigenvalue weighted by Crippen LogP contribution is -2.54. The predicted octanol–water partition coefficient (Wildman–Crippen LogP) is 7.11. The average molecular weight is 681 g/mol. The van der Waals surface area contributed by atoms with E-state index in [1.165, 1.54) is 36.3 Å². The highest BCUT2D eigenvalue weighted by molar-refractivity contribution is 7.92. The van der Waals surface area contributed by atoms with Crippen LogP contribution in [0.25, 0.3) is 0 Å². The van der Waals surface area contributed by atoms with Crippen molar-refractivity contribution in [3.63, 3.8) is 0 Å². The molecule has 0 spiro atoms. The van der Waals surface area contributed by atoms with Gasteiger partial charge in [-0.2, -0.15) is 0 Å². The number of methoxy groups -OCH3 is 1. The number of nitrogens with zero attached hydrogens (tertiary/aromatic N) is 2. The smallest absolute Gasteiger partial charge is 0.264 e. The topological polar surface area (TPSA) is 96.0 Å². The zero-order valence-electron chi connectivity index (χ0n) is 24.6. The monoisotopic (exact) mass is 679 g/mol. The first-order valence-electron chi connectivity index (χ1n) is 14.5. The number of carbonyl (C=O) groups excluding carboxylic acids is 2. The molecule has 0 heterocycles. The normalized spacial score (nSPS) is 14.5. The lowest BCUT2D eigenvalue weighted by molar-refractivity contribution is -0.140. The standard InChI is InChI=1S/C32H36Cl3N3O5S/c1-3-28(32(40)36-24-10-6-4-7-11-24)37(20-22-14-16-26(34)27(35)18-22)31(39)21-38(29-19-23(33)15-17-30(29)43-2)44(41,42)25-12-8-5-9-13-25/h5,8-9,12-19,24,28H,3-4,6-7,10-11,20-21H2,1-2H3,(H,36,40)/t28-/m0/s1. The van der Waals surface area contributed by atoms with Gasteiger partial charge in [-0.15, -0.1) is 0 Å². The van der Waals surface area contributed by atoms with Crippen LogP contribution >= 0.6 is 34.8 Å². The van der Waals surface area contributed by atoms with Gasteiger partial charge < -0.3 is 15.0 Å². The van der Waals surface area contributed by atoms with Crippen LogP contribution in [0.3, 0.4) is 0 Å². The molecule has 1 aliphatic rings. The van der Waals surface area contributed by atoms with E-state index in [2.05, 4.69) is 5.32 Å². The summed E-state index contributed by atoms with van der Waals surface area (Å²) in [6.07, 6.45) is 5.24. The summed E-state index contributed by atoms with van der Waals surface area (Å²) < 4.78 is 34.6. The zero-order chi connectivity index (χ0) is 31.9. The summed E-state index contributed by atoms with van der Waals surface area (Å²) in [5.74, 6) is -0.673. The summed E-state index contributed by atoms with van der Waals surface area (Å²) in [5, 5.41) is 4.04. The number of benzene rings is 3. The van der Waals surface area contributed by atoms with Gasteiger partial charge in [0.25, 0.3) is 10.0 Å². The fourth-order valence-electron chi connectivity index (χ4n) is 5.39. The molecule has 1 fully saturated rings. The van der Waals surface area contributed by atoms with Gasteiger partial charge in [-0.25, -0.2) is 8.42 Å². The lowest BCUT2D eigenvalue weighted by Gasteiger charge is -2.34. The Kier molecular flexibility index (Phi) is 11.8. The van der Waals surface area contributed by atoms with Crippen molar-refractivity contribution < 1.29 is 22.7 Å². The minimum atomic E-state index is -4.28. The summed E-state index contributed by atoms with van der Waals surface area (Å²) in [6.45, 7) is 1.19. The SMILES string of the molecule is CC[C@@H](C(=O)NC1CCCCC1)N(Cc1ccc(Cl)c(Cl)c1)C(=O)CN(c1cc(Cl)ccc1OC)S(=O)(=O)c1ccccc1. The van der Waals surface area contributed by atoms with E-state index in [4.69, 9.17) is 39.5 Å². The van der Waals surface area contributed by atoms with E-state index >= 15 is 0 Å². The van der Waals surface area contributed by atoms with Crippen LogP contribution in [0.1, 0.15) is 51.0 Å². The number of anilines is 1. The molecular weight excluding hydrogens is 645 g/mol. The lowest BCUT2D eigenvalue weighted by atomic mass is 9.95. The van der Waals surface area contributed by atoms with Gasteiger partial charge in [-0.05, 0) is 67.3 Å². The Morgan fingerprint density at radius 1 is 0.955 bits per heavy atom. The van der Waals surface area contributed by atoms with Crippen molar-refractivity contribution in [3.05, 3.63) is 87.4 Å². The third-order valence-electron chi connectivity index (χ3n) is 7.69. The van der Waals surface area contributed by atoms with Crippen molar-refractivity contribution in [3.8, 4) is 5.75 Å². The van der Waals surface area contributed by atoms with Crippen molar-refractivity contribution in [2.75, 3.05) is 18.0 Å². The molecule has 1 aliphatic carbocycles. The molecule has 0 unspecified atom stereocenters. The quantitative estimate of drug-likeness (QED) is 0.220. The van der Waals surface area contributed by atoms with Crippen LogP contribution in [0.5, 0.6) is 5.75 Å². The van der Waals surface area contributed by atoms with Gasteiger partial charge in [0, 0.05) is 17.6 Å². The fraction of sp³-hybridized carbons (Fsp3) is 0.375. The van der Waals surface area contributed by atoms with Gasteiger partial charge in [-0.1, -0.05) is 85.3 Å². The van der Waals surface area contributed by atoms with Crippen LogP contribution in [-0.2, 0) is 26.2 Å². The maximum absolute atomic E-state index is 14.3. The molecule has 12 heteroatoms. The number of hydrogen-bond acceptors (Lipinski definition) is 5. The predicted molar refractivity (Wildman–Crippen MR) is 175 cm³/mol. The minimum Gasteiger partial charge on any atom is -0.495 e. The molecule has 1 atom stereocenters. The molecule has 0 radical (unpaired) electrons. The van der Waals surface area contributed by atoms with Crippen molar-refractivity contribution in [1.29, 1.82) is 0 Å². The first-order chi connectivity index (χ1) is 21.0. The van der Waals surface area contributed by atoms with E-state index in [0.717, 1.165) is 36.4 Å². The third-order valence-corrected chi connectivity index (χ3v) is 10.4. The summed E-state index contributed by atoms with van der Waals surface area (Å²) in [5.41, 5.74) is 0.723. The van der Waals surface area contributed by atoms with E-state index in [9.17, 15) is 18.0 Å². The average Bonchev–Trinajstić information content (AvgIpc) is 3.02. The largest absolute Gasteiger partial charge is 0.495 e. The van der Waals surface area contributed by atoms with Gasteiger partial charge in [0.15, 0.2) is 0 Å². The highest BCUT2D eigenvalue weighted by atomic mass is 35.5. The summed E-state index contributed by atoms with van der Waals surface area (Å²) >= 11 is 18.7. The van der Waals surface area contributed by atoms with Gasteiger partial charge in [0.05, 0.1) is 27.7 Å². The Hall–Kier alpha value is -2.98. The van der Waals surface area contributed by atoms with Crippen LogP contribution in [0.15, 0.2) is 71.6 Å². The molecule has 0 saturated heterocycles. The van der Waals surface area contributed by atoms with Gasteiger partial charge in [0.2, 0.25) is 11.8 Å². The van der Waals surface area contributed by atoms with E-state index < -0.39 is 28.5 Å². The number of nitrogens with one attached hydrogen (secondary N) is 1. The molecule has 8 nitrogen and oxygen atoms in total.